The van der Waals surface area contributed by atoms with Crippen LogP contribution in [0, 0.1) is 11.8 Å². The van der Waals surface area contributed by atoms with E-state index in [1.54, 1.807) is 0 Å². The molecular weight excluding hydrogens is 202 g/mol. The van der Waals surface area contributed by atoms with Crippen LogP contribution < -0.4 is 0 Å². The van der Waals surface area contributed by atoms with Crippen LogP contribution >= 0.6 is 0 Å². The maximum atomic E-state index is 10.8. The van der Waals surface area contributed by atoms with Crippen molar-refractivity contribution in [1.82, 2.24) is 4.90 Å². The summed E-state index contributed by atoms with van der Waals surface area (Å²) >= 11 is 0. The second kappa shape index (κ2) is 5.23. The third-order valence-electron chi connectivity index (χ3n) is 3.23. The van der Waals surface area contributed by atoms with Gasteiger partial charge in [0.15, 0.2) is 0 Å². The molecule has 0 radical (unpaired) electrons. The van der Waals surface area contributed by atoms with E-state index in [0.29, 0.717) is 0 Å². The molecule has 1 saturated heterocycles. The summed E-state index contributed by atoms with van der Waals surface area (Å²) in [5.74, 6) is 0.106. The molecule has 0 spiro atoms. The van der Waals surface area contributed by atoms with Crippen molar-refractivity contribution in [3.63, 3.8) is 0 Å². The molecule has 1 fully saturated rings. The van der Waals surface area contributed by atoms with Crippen molar-refractivity contribution in [2.45, 2.75) is 6.54 Å². The molecule has 1 heterocycles. The zero-order chi connectivity index (χ0) is 11.4. The zero-order valence-electron chi connectivity index (χ0n) is 9.25. The summed E-state index contributed by atoms with van der Waals surface area (Å²) in [5, 5.41) is 9.17. The van der Waals surface area contributed by atoms with Crippen molar-refractivity contribution in [3.05, 3.63) is 35.9 Å². The predicted molar refractivity (Wildman–Crippen MR) is 61.8 cm³/mol. The molecule has 86 valence electrons. The molecule has 1 N–H and O–H groups in total. The van der Waals surface area contributed by atoms with E-state index in [1.807, 2.05) is 18.2 Å². The summed E-state index contributed by atoms with van der Waals surface area (Å²) in [5.41, 5.74) is 1.26. The van der Waals surface area contributed by atoms with Crippen molar-refractivity contribution < 1.29 is 9.90 Å². The van der Waals surface area contributed by atoms with E-state index in [-0.39, 0.29) is 18.4 Å². The quantitative estimate of drug-likeness (QED) is 0.766. The highest BCUT2D eigenvalue weighted by Crippen LogP contribution is 2.22. The minimum absolute atomic E-state index is 0.00582. The maximum Gasteiger partial charge on any atom is 0.124 e. The third kappa shape index (κ3) is 2.49. The zero-order valence-corrected chi connectivity index (χ0v) is 9.25. The van der Waals surface area contributed by atoms with Crippen LogP contribution in [-0.2, 0) is 11.3 Å². The minimum Gasteiger partial charge on any atom is -0.396 e. The van der Waals surface area contributed by atoms with E-state index in [2.05, 4.69) is 17.0 Å². The standard InChI is InChI=1S/C13H17NO2/c15-9-12-7-14(8-13(12)10-16)6-11-4-2-1-3-5-11/h1-5,9,12-13,16H,6-8,10H2/t12?,13-/m1/s1. The smallest absolute Gasteiger partial charge is 0.124 e. The second-order valence-electron chi connectivity index (χ2n) is 4.42. The highest BCUT2D eigenvalue weighted by molar-refractivity contribution is 5.55. The predicted octanol–water partition coefficient (Wildman–Crippen LogP) is 0.926. The third-order valence-corrected chi connectivity index (χ3v) is 3.23. The highest BCUT2D eigenvalue weighted by Gasteiger charge is 2.31. The average Bonchev–Trinajstić information content (AvgIpc) is 2.72. The van der Waals surface area contributed by atoms with E-state index >= 15 is 0 Å². The summed E-state index contributed by atoms with van der Waals surface area (Å²) in [4.78, 5) is 13.1. The van der Waals surface area contributed by atoms with Crippen LogP contribution in [0.15, 0.2) is 30.3 Å². The number of benzene rings is 1. The second-order valence-corrected chi connectivity index (χ2v) is 4.42. The maximum absolute atomic E-state index is 10.8. The molecule has 0 amide bonds. The Morgan fingerprint density at radius 3 is 2.62 bits per heavy atom. The van der Waals surface area contributed by atoms with Gasteiger partial charge < -0.3 is 9.90 Å². The van der Waals surface area contributed by atoms with E-state index < -0.39 is 0 Å². The van der Waals surface area contributed by atoms with Crippen LogP contribution in [0.25, 0.3) is 0 Å². The Labute approximate surface area is 95.7 Å². The molecule has 1 aromatic carbocycles. The first-order chi connectivity index (χ1) is 7.83. The van der Waals surface area contributed by atoms with Gasteiger partial charge in [0.05, 0.1) is 0 Å². The molecule has 2 atom stereocenters. The minimum atomic E-state index is -0.00582. The van der Waals surface area contributed by atoms with Crippen LogP contribution in [-0.4, -0.2) is 36.0 Å². The summed E-state index contributed by atoms with van der Waals surface area (Å²) < 4.78 is 0. The molecule has 0 saturated carbocycles. The molecule has 0 aliphatic carbocycles. The lowest BCUT2D eigenvalue weighted by atomic mass is 9.99. The summed E-state index contributed by atoms with van der Waals surface area (Å²) in [6, 6.07) is 10.2. The van der Waals surface area contributed by atoms with Gasteiger partial charge in [-0.25, -0.2) is 0 Å². The average molecular weight is 219 g/mol. The van der Waals surface area contributed by atoms with Crippen LogP contribution in [0.4, 0.5) is 0 Å². The van der Waals surface area contributed by atoms with Gasteiger partial charge in [0.25, 0.3) is 0 Å². The van der Waals surface area contributed by atoms with Gasteiger partial charge in [-0.1, -0.05) is 30.3 Å². The van der Waals surface area contributed by atoms with Gasteiger partial charge in [-0.15, -0.1) is 0 Å². The number of aliphatic hydroxyl groups excluding tert-OH is 1. The van der Waals surface area contributed by atoms with Crippen molar-refractivity contribution in [3.8, 4) is 0 Å². The normalized spacial score (nSPS) is 25.8. The Balaban J connectivity index is 1.96. The molecule has 0 aromatic heterocycles. The fourth-order valence-electron chi connectivity index (χ4n) is 2.31. The van der Waals surface area contributed by atoms with Gasteiger partial charge >= 0.3 is 0 Å². The van der Waals surface area contributed by atoms with Crippen molar-refractivity contribution in [2.75, 3.05) is 19.7 Å². The van der Waals surface area contributed by atoms with E-state index in [0.717, 1.165) is 25.9 Å². The lowest BCUT2D eigenvalue weighted by Crippen LogP contribution is -2.20. The van der Waals surface area contributed by atoms with Crippen LogP contribution in [0.5, 0.6) is 0 Å². The fourth-order valence-corrected chi connectivity index (χ4v) is 2.31. The number of hydrogen-bond acceptors (Lipinski definition) is 3. The lowest BCUT2D eigenvalue weighted by Gasteiger charge is -2.15. The molecule has 3 heteroatoms. The molecule has 0 bridgehead atoms. The summed E-state index contributed by atoms with van der Waals surface area (Å²) in [6.07, 6.45) is 0.978. The molecule has 2 rings (SSSR count). The highest BCUT2D eigenvalue weighted by atomic mass is 16.3. The number of carbonyl (C=O) groups excluding carboxylic acids is 1. The van der Waals surface area contributed by atoms with Crippen molar-refractivity contribution in [1.29, 1.82) is 0 Å². The largest absolute Gasteiger partial charge is 0.396 e. The first-order valence-corrected chi connectivity index (χ1v) is 5.66. The van der Waals surface area contributed by atoms with Gasteiger partial charge in [0, 0.05) is 38.1 Å². The number of rotatable bonds is 4. The first-order valence-electron chi connectivity index (χ1n) is 5.66. The Morgan fingerprint density at radius 2 is 2.06 bits per heavy atom. The van der Waals surface area contributed by atoms with Gasteiger partial charge in [0.1, 0.15) is 6.29 Å². The molecule has 1 unspecified atom stereocenters. The number of aldehydes is 1. The monoisotopic (exact) mass is 219 g/mol. The lowest BCUT2D eigenvalue weighted by molar-refractivity contribution is -0.112. The molecule has 1 aliphatic heterocycles. The Hall–Kier alpha value is -1.19. The van der Waals surface area contributed by atoms with Gasteiger partial charge in [0.2, 0.25) is 0 Å². The van der Waals surface area contributed by atoms with Gasteiger partial charge in [-0.3, -0.25) is 4.90 Å². The topological polar surface area (TPSA) is 40.5 Å². The molecule has 1 aromatic rings. The summed E-state index contributed by atoms with van der Waals surface area (Å²) in [7, 11) is 0. The number of carbonyl (C=O) groups is 1. The van der Waals surface area contributed by atoms with Gasteiger partial charge in [-0.05, 0) is 5.56 Å². The molecule has 1 aliphatic rings. The van der Waals surface area contributed by atoms with E-state index in [9.17, 15) is 4.79 Å². The number of hydrogen-bond donors (Lipinski definition) is 1. The Morgan fingerprint density at radius 1 is 1.31 bits per heavy atom. The number of likely N-dealkylation sites (tertiary alicyclic amines) is 1. The molecular formula is C13H17NO2. The van der Waals surface area contributed by atoms with Crippen molar-refractivity contribution in [2.24, 2.45) is 11.8 Å². The Kier molecular flexibility index (Phi) is 3.70. The first kappa shape index (κ1) is 11.3. The number of aliphatic hydroxyl groups is 1. The Bertz CT molecular complexity index is 339. The molecule has 16 heavy (non-hydrogen) atoms. The summed E-state index contributed by atoms with van der Waals surface area (Å²) in [6.45, 7) is 2.55. The van der Waals surface area contributed by atoms with Crippen LogP contribution in [0.3, 0.4) is 0 Å². The van der Waals surface area contributed by atoms with E-state index in [1.165, 1.54) is 5.56 Å². The van der Waals surface area contributed by atoms with Gasteiger partial charge in [-0.2, -0.15) is 0 Å². The fraction of sp³-hybridized carbons (Fsp3) is 0.462. The molecule has 3 nitrogen and oxygen atoms in total. The van der Waals surface area contributed by atoms with Crippen molar-refractivity contribution >= 4 is 6.29 Å². The van der Waals surface area contributed by atoms with E-state index in [4.69, 9.17) is 5.11 Å². The SMILES string of the molecule is O=CC1CN(Cc2ccccc2)C[C@@H]1CO. The number of nitrogens with zero attached hydrogens (tertiary/aromatic N) is 1. The van der Waals surface area contributed by atoms with Crippen LogP contribution in [0.2, 0.25) is 0 Å². The van der Waals surface area contributed by atoms with Crippen LogP contribution in [0.1, 0.15) is 5.56 Å².